The lowest BCUT2D eigenvalue weighted by Gasteiger charge is -2.00. The zero-order valence-corrected chi connectivity index (χ0v) is 7.81. The molecule has 1 aromatic carbocycles. The molecule has 3 heteroatoms. The highest BCUT2D eigenvalue weighted by molar-refractivity contribution is 5.54. The van der Waals surface area contributed by atoms with Gasteiger partial charge in [0.1, 0.15) is 6.26 Å². The molecule has 0 fully saturated rings. The molecule has 0 unspecified atom stereocenters. The van der Waals surface area contributed by atoms with E-state index in [1.807, 2.05) is 12.1 Å². The van der Waals surface area contributed by atoms with E-state index in [0.717, 1.165) is 12.0 Å². The monoisotopic (exact) mass is 188 g/mol. The Labute approximate surface area is 82.6 Å². The minimum Gasteiger partial charge on any atom is -0.445 e. The number of nitrogens with two attached hydrogens (primary N) is 1. The van der Waals surface area contributed by atoms with Crippen LogP contribution in [0.5, 0.6) is 0 Å². The van der Waals surface area contributed by atoms with Gasteiger partial charge in [-0.25, -0.2) is 4.98 Å². The molecular formula is C11H12N2O. The van der Waals surface area contributed by atoms with Gasteiger partial charge >= 0.3 is 0 Å². The summed E-state index contributed by atoms with van der Waals surface area (Å²) >= 11 is 0. The summed E-state index contributed by atoms with van der Waals surface area (Å²) in [6.07, 6.45) is 4.10. The van der Waals surface area contributed by atoms with Crippen molar-refractivity contribution in [2.45, 2.75) is 6.42 Å². The number of oxazole rings is 1. The van der Waals surface area contributed by atoms with Crippen molar-refractivity contribution in [1.29, 1.82) is 0 Å². The number of nitrogens with zero attached hydrogens (tertiary/aromatic N) is 1. The molecule has 2 rings (SSSR count). The molecule has 0 aliphatic rings. The molecule has 72 valence electrons. The quantitative estimate of drug-likeness (QED) is 0.799. The fourth-order valence-corrected chi connectivity index (χ4v) is 1.39. The zero-order valence-electron chi connectivity index (χ0n) is 7.81. The molecule has 0 bridgehead atoms. The van der Waals surface area contributed by atoms with E-state index in [9.17, 15) is 0 Å². The molecule has 1 aromatic heterocycles. The molecule has 0 saturated carbocycles. The maximum atomic E-state index is 5.49. The van der Waals surface area contributed by atoms with Gasteiger partial charge in [0.25, 0.3) is 0 Å². The zero-order chi connectivity index (χ0) is 9.80. The molecule has 0 aliphatic carbocycles. The first-order valence-electron chi connectivity index (χ1n) is 4.59. The van der Waals surface area contributed by atoms with Crippen LogP contribution >= 0.6 is 0 Å². The smallest absolute Gasteiger partial charge is 0.225 e. The van der Waals surface area contributed by atoms with Crippen molar-refractivity contribution in [1.82, 2.24) is 4.98 Å². The van der Waals surface area contributed by atoms with E-state index in [0.29, 0.717) is 12.4 Å². The first-order valence-corrected chi connectivity index (χ1v) is 4.59. The van der Waals surface area contributed by atoms with E-state index in [-0.39, 0.29) is 0 Å². The van der Waals surface area contributed by atoms with Gasteiger partial charge in [0.05, 0.1) is 6.20 Å². The molecule has 0 amide bonds. The lowest BCUT2D eigenvalue weighted by Crippen LogP contribution is -2.02. The van der Waals surface area contributed by atoms with Crippen LogP contribution in [0.15, 0.2) is 41.1 Å². The molecule has 0 spiro atoms. The molecule has 3 nitrogen and oxygen atoms in total. The average Bonchev–Trinajstić information content (AvgIpc) is 2.71. The van der Waals surface area contributed by atoms with Gasteiger partial charge in [0.2, 0.25) is 5.89 Å². The first-order chi connectivity index (χ1) is 6.90. The van der Waals surface area contributed by atoms with Crippen molar-refractivity contribution in [2.24, 2.45) is 5.73 Å². The summed E-state index contributed by atoms with van der Waals surface area (Å²) in [4.78, 5) is 4.09. The molecule has 14 heavy (non-hydrogen) atoms. The van der Waals surface area contributed by atoms with Crippen LogP contribution in [0.4, 0.5) is 0 Å². The molecular weight excluding hydrogens is 176 g/mol. The third kappa shape index (κ3) is 1.83. The van der Waals surface area contributed by atoms with Gasteiger partial charge in [0, 0.05) is 5.56 Å². The molecule has 0 atom stereocenters. The van der Waals surface area contributed by atoms with E-state index >= 15 is 0 Å². The predicted molar refractivity (Wildman–Crippen MR) is 54.7 cm³/mol. The Balaban J connectivity index is 2.31. The normalized spacial score (nSPS) is 10.4. The van der Waals surface area contributed by atoms with Gasteiger partial charge < -0.3 is 10.2 Å². The van der Waals surface area contributed by atoms with E-state index in [4.69, 9.17) is 10.2 Å². The van der Waals surface area contributed by atoms with Gasteiger partial charge in [-0.3, -0.25) is 0 Å². The first kappa shape index (κ1) is 8.97. The minimum absolute atomic E-state index is 0.656. The number of hydrogen-bond acceptors (Lipinski definition) is 3. The Kier molecular flexibility index (Phi) is 2.60. The highest BCUT2D eigenvalue weighted by Crippen LogP contribution is 2.18. The Morgan fingerprint density at radius 2 is 2.29 bits per heavy atom. The third-order valence-corrected chi connectivity index (χ3v) is 2.04. The van der Waals surface area contributed by atoms with Crippen molar-refractivity contribution >= 4 is 0 Å². The van der Waals surface area contributed by atoms with Crippen LogP contribution in [0.1, 0.15) is 5.56 Å². The summed E-state index contributed by atoms with van der Waals surface area (Å²) in [5.41, 5.74) is 7.70. The van der Waals surface area contributed by atoms with E-state index < -0.39 is 0 Å². The summed E-state index contributed by atoms with van der Waals surface area (Å²) in [5.74, 6) is 0.656. The number of benzene rings is 1. The topological polar surface area (TPSA) is 52.0 Å². The molecule has 2 N–H and O–H groups in total. The summed E-state index contributed by atoms with van der Waals surface area (Å²) in [5, 5.41) is 0. The largest absolute Gasteiger partial charge is 0.445 e. The standard InChI is InChI=1S/C11H12N2O/c12-5-4-9-2-1-3-10(8-9)11-13-6-7-14-11/h1-3,6-8H,4-5,12H2. The van der Waals surface area contributed by atoms with Gasteiger partial charge in [-0.1, -0.05) is 12.1 Å². The fourth-order valence-electron chi connectivity index (χ4n) is 1.39. The van der Waals surface area contributed by atoms with Crippen LogP contribution in [0.2, 0.25) is 0 Å². The van der Waals surface area contributed by atoms with Gasteiger partial charge in [-0.05, 0) is 30.7 Å². The third-order valence-electron chi connectivity index (χ3n) is 2.04. The molecule has 0 aliphatic heterocycles. The molecule has 1 heterocycles. The van der Waals surface area contributed by atoms with Crippen molar-refractivity contribution < 1.29 is 4.42 Å². The second-order valence-corrected chi connectivity index (χ2v) is 3.08. The molecule has 0 radical (unpaired) electrons. The van der Waals surface area contributed by atoms with Crippen molar-refractivity contribution in [3.05, 3.63) is 42.3 Å². The van der Waals surface area contributed by atoms with E-state index in [1.165, 1.54) is 5.56 Å². The van der Waals surface area contributed by atoms with Gasteiger partial charge in [0.15, 0.2) is 0 Å². The van der Waals surface area contributed by atoms with Gasteiger partial charge in [-0.15, -0.1) is 0 Å². The second kappa shape index (κ2) is 4.07. The van der Waals surface area contributed by atoms with Crippen LogP contribution in [-0.4, -0.2) is 11.5 Å². The Bertz CT molecular complexity index is 395. The van der Waals surface area contributed by atoms with Crippen LogP contribution in [0.3, 0.4) is 0 Å². The Morgan fingerprint density at radius 1 is 1.36 bits per heavy atom. The molecule has 0 saturated heterocycles. The fraction of sp³-hybridized carbons (Fsp3) is 0.182. The summed E-state index contributed by atoms with van der Waals surface area (Å²) in [7, 11) is 0. The second-order valence-electron chi connectivity index (χ2n) is 3.08. The lowest BCUT2D eigenvalue weighted by molar-refractivity contribution is 0.574. The highest BCUT2D eigenvalue weighted by atomic mass is 16.3. The highest BCUT2D eigenvalue weighted by Gasteiger charge is 2.02. The maximum Gasteiger partial charge on any atom is 0.225 e. The maximum absolute atomic E-state index is 5.49. The van der Waals surface area contributed by atoms with E-state index in [2.05, 4.69) is 17.1 Å². The predicted octanol–water partition coefficient (Wildman–Crippen LogP) is 1.84. The van der Waals surface area contributed by atoms with Crippen LogP contribution < -0.4 is 5.73 Å². The Morgan fingerprint density at radius 3 is 3.00 bits per heavy atom. The van der Waals surface area contributed by atoms with Crippen molar-refractivity contribution in [3.8, 4) is 11.5 Å². The van der Waals surface area contributed by atoms with Crippen LogP contribution in [-0.2, 0) is 6.42 Å². The summed E-state index contributed by atoms with van der Waals surface area (Å²) in [6, 6.07) is 8.08. The van der Waals surface area contributed by atoms with E-state index in [1.54, 1.807) is 12.5 Å². The number of aromatic nitrogens is 1. The number of hydrogen-bond donors (Lipinski definition) is 1. The average molecular weight is 188 g/mol. The lowest BCUT2D eigenvalue weighted by atomic mass is 10.1. The summed E-state index contributed by atoms with van der Waals surface area (Å²) in [6.45, 7) is 0.662. The minimum atomic E-state index is 0.656. The van der Waals surface area contributed by atoms with Gasteiger partial charge in [-0.2, -0.15) is 0 Å². The van der Waals surface area contributed by atoms with Crippen LogP contribution in [0, 0.1) is 0 Å². The molecule has 2 aromatic rings. The Hall–Kier alpha value is -1.61. The van der Waals surface area contributed by atoms with Crippen molar-refractivity contribution in [3.63, 3.8) is 0 Å². The SMILES string of the molecule is NCCc1cccc(-c2ncco2)c1. The van der Waals surface area contributed by atoms with Crippen molar-refractivity contribution in [2.75, 3.05) is 6.54 Å². The number of rotatable bonds is 3. The van der Waals surface area contributed by atoms with Crippen LogP contribution in [0.25, 0.3) is 11.5 Å². The summed E-state index contributed by atoms with van der Waals surface area (Å²) < 4.78 is 5.21.